The van der Waals surface area contributed by atoms with Crippen LogP contribution in [-0.4, -0.2) is 21.4 Å². The summed E-state index contributed by atoms with van der Waals surface area (Å²) in [5.74, 6) is 0.753. The molecule has 2 aromatic rings. The van der Waals surface area contributed by atoms with Crippen LogP contribution in [0.3, 0.4) is 0 Å². The number of nitrogens with zero attached hydrogens (tertiary/aromatic N) is 3. The maximum absolute atomic E-state index is 11.2. The van der Waals surface area contributed by atoms with Gasteiger partial charge in [0, 0.05) is 6.54 Å². The lowest BCUT2D eigenvalue weighted by Crippen LogP contribution is -2.08. The number of rotatable bonds is 6. The van der Waals surface area contributed by atoms with Crippen LogP contribution in [-0.2, 0) is 0 Å². The van der Waals surface area contributed by atoms with Crippen molar-refractivity contribution >= 4 is 11.6 Å². The molecule has 1 aromatic carbocycles. The third kappa shape index (κ3) is 3.65. The predicted molar refractivity (Wildman–Crippen MR) is 78.7 cm³/mol. The molecule has 7 nitrogen and oxygen atoms in total. The number of para-hydroxylation sites is 1. The lowest BCUT2D eigenvalue weighted by molar-refractivity contribution is -0.386. The summed E-state index contributed by atoms with van der Waals surface area (Å²) in [7, 11) is 0. The highest BCUT2D eigenvalue weighted by Gasteiger charge is 2.24. The maximum Gasteiger partial charge on any atom is 0.352 e. The van der Waals surface area contributed by atoms with Crippen molar-refractivity contribution in [2.45, 2.75) is 20.3 Å². The summed E-state index contributed by atoms with van der Waals surface area (Å²) in [6, 6.07) is 8.82. The number of aryl methyl sites for hydroxylation is 1. The van der Waals surface area contributed by atoms with E-state index in [1.165, 1.54) is 0 Å². The van der Waals surface area contributed by atoms with Gasteiger partial charge < -0.3 is 10.1 Å². The molecular formula is C14H16N4O3. The van der Waals surface area contributed by atoms with Gasteiger partial charge in [-0.1, -0.05) is 25.1 Å². The van der Waals surface area contributed by atoms with Crippen LogP contribution in [0.15, 0.2) is 30.3 Å². The number of nitro groups is 1. The van der Waals surface area contributed by atoms with Crippen molar-refractivity contribution in [3.8, 4) is 11.6 Å². The van der Waals surface area contributed by atoms with Gasteiger partial charge in [0.25, 0.3) is 0 Å². The van der Waals surface area contributed by atoms with E-state index in [9.17, 15) is 10.1 Å². The minimum absolute atomic E-state index is 0.0581. The Labute approximate surface area is 122 Å². The molecule has 1 N–H and O–H groups in total. The Hall–Kier alpha value is -2.70. The van der Waals surface area contributed by atoms with E-state index < -0.39 is 4.92 Å². The number of hydrogen-bond donors (Lipinski definition) is 1. The zero-order valence-corrected chi connectivity index (χ0v) is 11.9. The van der Waals surface area contributed by atoms with Crippen molar-refractivity contribution in [1.29, 1.82) is 0 Å². The Kier molecular flexibility index (Phi) is 4.65. The summed E-state index contributed by atoms with van der Waals surface area (Å²) in [6.07, 6.45) is 0.897. The third-order valence-corrected chi connectivity index (χ3v) is 2.70. The minimum atomic E-state index is -0.531. The largest absolute Gasteiger partial charge is 0.434 e. The van der Waals surface area contributed by atoms with Crippen LogP contribution in [0.5, 0.6) is 11.6 Å². The molecule has 0 saturated heterocycles. The minimum Gasteiger partial charge on any atom is -0.434 e. The summed E-state index contributed by atoms with van der Waals surface area (Å²) in [4.78, 5) is 18.8. The molecule has 0 bridgehead atoms. The molecule has 21 heavy (non-hydrogen) atoms. The van der Waals surface area contributed by atoms with Crippen molar-refractivity contribution in [3.63, 3.8) is 0 Å². The van der Waals surface area contributed by atoms with E-state index in [-0.39, 0.29) is 17.3 Å². The zero-order valence-electron chi connectivity index (χ0n) is 11.9. The Balaban J connectivity index is 2.39. The van der Waals surface area contributed by atoms with Gasteiger partial charge in [-0.3, -0.25) is 10.1 Å². The molecule has 0 aliphatic carbocycles. The monoisotopic (exact) mass is 288 g/mol. The molecule has 0 unspecified atom stereocenters. The third-order valence-electron chi connectivity index (χ3n) is 2.70. The van der Waals surface area contributed by atoms with Crippen LogP contribution in [0.4, 0.5) is 11.6 Å². The van der Waals surface area contributed by atoms with Crippen LogP contribution in [0, 0.1) is 17.0 Å². The second-order valence-electron chi connectivity index (χ2n) is 4.39. The van der Waals surface area contributed by atoms with Crippen molar-refractivity contribution in [2.24, 2.45) is 0 Å². The summed E-state index contributed by atoms with van der Waals surface area (Å²) in [5.41, 5.74) is 0.0421. The molecule has 0 aliphatic rings. The molecule has 0 radical (unpaired) electrons. The Bertz CT molecular complexity index is 632. The molecule has 0 atom stereocenters. The molecule has 0 aliphatic heterocycles. The van der Waals surface area contributed by atoms with E-state index in [4.69, 9.17) is 4.74 Å². The molecule has 2 rings (SSSR count). The van der Waals surface area contributed by atoms with E-state index in [1.807, 2.05) is 13.0 Å². The van der Waals surface area contributed by atoms with Gasteiger partial charge in [-0.15, -0.1) is 0 Å². The van der Waals surface area contributed by atoms with Crippen molar-refractivity contribution in [1.82, 2.24) is 9.97 Å². The highest BCUT2D eigenvalue weighted by molar-refractivity contribution is 5.50. The molecule has 110 valence electrons. The fourth-order valence-corrected chi connectivity index (χ4v) is 1.74. The summed E-state index contributed by atoms with van der Waals surface area (Å²) >= 11 is 0. The summed E-state index contributed by atoms with van der Waals surface area (Å²) in [6.45, 7) is 4.25. The fraction of sp³-hybridized carbons (Fsp3) is 0.286. The van der Waals surface area contributed by atoms with Crippen LogP contribution in [0.25, 0.3) is 0 Å². The van der Waals surface area contributed by atoms with Gasteiger partial charge in [0.1, 0.15) is 11.4 Å². The Morgan fingerprint density at radius 2 is 2.00 bits per heavy atom. The SMILES string of the molecule is CCCNc1nc(C)c([N+](=O)[O-])c(Oc2ccccc2)n1. The standard InChI is InChI=1S/C14H16N4O3/c1-3-9-15-14-16-10(2)12(18(19)20)13(17-14)21-11-7-5-4-6-8-11/h4-8H,3,9H2,1-2H3,(H,15,16,17). The summed E-state index contributed by atoms with van der Waals surface area (Å²) < 4.78 is 5.54. The van der Waals surface area contributed by atoms with E-state index in [1.54, 1.807) is 31.2 Å². The number of ether oxygens (including phenoxy) is 1. The first-order valence-electron chi connectivity index (χ1n) is 6.61. The van der Waals surface area contributed by atoms with E-state index >= 15 is 0 Å². The van der Waals surface area contributed by atoms with Crippen molar-refractivity contribution < 1.29 is 9.66 Å². The van der Waals surface area contributed by atoms with Crippen LogP contribution < -0.4 is 10.1 Å². The molecule has 1 aromatic heterocycles. The van der Waals surface area contributed by atoms with Gasteiger partial charge in [0.15, 0.2) is 0 Å². The molecule has 0 spiro atoms. The predicted octanol–water partition coefficient (Wildman–Crippen LogP) is 3.31. The quantitative estimate of drug-likeness (QED) is 0.647. The highest BCUT2D eigenvalue weighted by atomic mass is 16.6. The number of nitrogens with one attached hydrogen (secondary N) is 1. The van der Waals surface area contributed by atoms with Gasteiger partial charge in [-0.2, -0.15) is 4.98 Å². The average molecular weight is 288 g/mol. The smallest absolute Gasteiger partial charge is 0.352 e. The van der Waals surface area contributed by atoms with Gasteiger partial charge in [-0.05, 0) is 25.5 Å². The molecule has 0 saturated carbocycles. The Morgan fingerprint density at radius 3 is 2.62 bits per heavy atom. The van der Waals surface area contributed by atoms with Gasteiger partial charge in [0.05, 0.1) is 4.92 Å². The number of aromatic nitrogens is 2. The molecule has 1 heterocycles. The maximum atomic E-state index is 11.2. The number of anilines is 1. The highest BCUT2D eigenvalue weighted by Crippen LogP contribution is 2.32. The first-order valence-corrected chi connectivity index (χ1v) is 6.61. The second-order valence-corrected chi connectivity index (χ2v) is 4.39. The topological polar surface area (TPSA) is 90.2 Å². The van der Waals surface area contributed by atoms with Gasteiger partial charge in [0.2, 0.25) is 5.95 Å². The van der Waals surface area contributed by atoms with Crippen LogP contribution >= 0.6 is 0 Å². The summed E-state index contributed by atoms with van der Waals surface area (Å²) in [5, 5.41) is 14.2. The number of hydrogen-bond acceptors (Lipinski definition) is 6. The van der Waals surface area contributed by atoms with E-state index in [0.717, 1.165) is 6.42 Å². The van der Waals surface area contributed by atoms with Gasteiger partial charge >= 0.3 is 11.6 Å². The normalized spacial score (nSPS) is 10.2. The zero-order chi connectivity index (χ0) is 15.2. The molecule has 0 amide bonds. The van der Waals surface area contributed by atoms with E-state index in [0.29, 0.717) is 18.2 Å². The molecule has 0 fully saturated rings. The van der Waals surface area contributed by atoms with Gasteiger partial charge in [-0.25, -0.2) is 4.98 Å². The lowest BCUT2D eigenvalue weighted by atomic mass is 10.3. The van der Waals surface area contributed by atoms with Crippen LogP contribution in [0.1, 0.15) is 19.0 Å². The van der Waals surface area contributed by atoms with E-state index in [2.05, 4.69) is 15.3 Å². The Morgan fingerprint density at radius 1 is 1.29 bits per heavy atom. The lowest BCUT2D eigenvalue weighted by Gasteiger charge is -2.09. The average Bonchev–Trinajstić information content (AvgIpc) is 2.45. The van der Waals surface area contributed by atoms with Crippen LogP contribution in [0.2, 0.25) is 0 Å². The molecular weight excluding hydrogens is 272 g/mol. The first kappa shape index (κ1) is 14.7. The van der Waals surface area contributed by atoms with Crippen molar-refractivity contribution in [3.05, 3.63) is 46.1 Å². The first-order chi connectivity index (χ1) is 10.1. The fourth-order valence-electron chi connectivity index (χ4n) is 1.74. The second kappa shape index (κ2) is 6.65. The van der Waals surface area contributed by atoms with Crippen molar-refractivity contribution in [2.75, 3.05) is 11.9 Å². The molecule has 7 heteroatoms. The number of benzene rings is 1.